The van der Waals surface area contributed by atoms with Gasteiger partial charge in [0.25, 0.3) is 0 Å². The fraction of sp³-hybridized carbons (Fsp3) is 0.400. The minimum atomic E-state index is -4.44. The van der Waals surface area contributed by atoms with Gasteiger partial charge in [-0.05, 0) is 12.0 Å². The Labute approximate surface area is 126 Å². The first-order valence-corrected chi connectivity index (χ1v) is 6.90. The van der Waals surface area contributed by atoms with Crippen molar-refractivity contribution in [2.75, 3.05) is 6.61 Å². The quantitative estimate of drug-likeness (QED) is 0.862. The monoisotopic (exact) mass is 313 g/mol. The molecule has 2 rings (SSSR count). The van der Waals surface area contributed by atoms with Gasteiger partial charge in [-0.1, -0.05) is 30.3 Å². The first-order valence-electron chi connectivity index (χ1n) is 6.90. The number of aryl methyl sites for hydroxylation is 1. The number of benzene rings is 1. The van der Waals surface area contributed by atoms with Crippen LogP contribution >= 0.6 is 0 Å². The molecule has 1 aromatic carbocycles. The van der Waals surface area contributed by atoms with E-state index in [9.17, 15) is 13.2 Å². The van der Waals surface area contributed by atoms with Gasteiger partial charge in [0.05, 0.1) is 6.20 Å². The minimum absolute atomic E-state index is 0.0300. The molecule has 1 aromatic heterocycles. The molecule has 0 bridgehead atoms. The molecule has 1 heterocycles. The third kappa shape index (κ3) is 3.86. The fourth-order valence-electron chi connectivity index (χ4n) is 2.41. The molecule has 0 aliphatic heterocycles. The number of halogens is 3. The van der Waals surface area contributed by atoms with Crippen LogP contribution in [0.2, 0.25) is 0 Å². The van der Waals surface area contributed by atoms with Crippen LogP contribution in [0.15, 0.2) is 36.5 Å². The molecule has 0 fully saturated rings. The third-order valence-corrected chi connectivity index (χ3v) is 3.44. The van der Waals surface area contributed by atoms with Crippen molar-refractivity contribution in [3.63, 3.8) is 0 Å². The normalized spacial score (nSPS) is 13.3. The summed E-state index contributed by atoms with van der Waals surface area (Å²) in [6.45, 7) is -0.0199. The molecule has 0 aliphatic rings. The van der Waals surface area contributed by atoms with Gasteiger partial charge in [0.15, 0.2) is 0 Å². The highest BCUT2D eigenvalue weighted by Crippen LogP contribution is 2.31. The van der Waals surface area contributed by atoms with Crippen molar-refractivity contribution in [1.82, 2.24) is 15.1 Å². The zero-order valence-corrected chi connectivity index (χ0v) is 12.1. The number of rotatable bonds is 6. The van der Waals surface area contributed by atoms with Gasteiger partial charge in [0.1, 0.15) is 5.69 Å². The Bertz CT molecular complexity index is 596. The molecule has 0 aliphatic carbocycles. The van der Waals surface area contributed by atoms with Crippen LogP contribution in [0.4, 0.5) is 13.2 Å². The number of aromatic nitrogens is 2. The number of nitrogens with one attached hydrogen (secondary N) is 1. The summed E-state index contributed by atoms with van der Waals surface area (Å²) >= 11 is 0. The van der Waals surface area contributed by atoms with Crippen molar-refractivity contribution in [2.45, 2.75) is 25.2 Å². The van der Waals surface area contributed by atoms with Gasteiger partial charge in [-0.2, -0.15) is 18.3 Å². The molecule has 22 heavy (non-hydrogen) atoms. The predicted octanol–water partition coefficient (Wildman–Crippen LogP) is 2.65. The Hall–Kier alpha value is -1.86. The Morgan fingerprint density at radius 1 is 1.27 bits per heavy atom. The van der Waals surface area contributed by atoms with Crippen LogP contribution in [0.3, 0.4) is 0 Å². The van der Waals surface area contributed by atoms with E-state index in [1.165, 1.54) is 13.2 Å². The zero-order valence-electron chi connectivity index (χ0n) is 12.1. The van der Waals surface area contributed by atoms with Gasteiger partial charge < -0.3 is 10.4 Å². The number of nitrogens with zero attached hydrogens (tertiary/aromatic N) is 2. The lowest BCUT2D eigenvalue weighted by Crippen LogP contribution is -2.24. The number of aliphatic hydroxyl groups is 1. The molecule has 0 spiro atoms. The van der Waals surface area contributed by atoms with E-state index in [1.807, 2.05) is 30.3 Å². The molecule has 0 saturated carbocycles. The van der Waals surface area contributed by atoms with Gasteiger partial charge in [-0.15, -0.1) is 0 Å². The summed E-state index contributed by atoms with van der Waals surface area (Å²) in [6, 6.07) is 9.11. The van der Waals surface area contributed by atoms with Crippen LogP contribution in [0, 0.1) is 0 Å². The van der Waals surface area contributed by atoms with Crippen LogP contribution in [0.5, 0.6) is 0 Å². The fourth-order valence-corrected chi connectivity index (χ4v) is 2.41. The molecule has 4 nitrogen and oxygen atoms in total. The van der Waals surface area contributed by atoms with Crippen molar-refractivity contribution < 1.29 is 18.3 Å². The average molecular weight is 313 g/mol. The highest BCUT2D eigenvalue weighted by Gasteiger charge is 2.37. The van der Waals surface area contributed by atoms with Gasteiger partial charge in [-0.25, -0.2) is 0 Å². The molecule has 0 amide bonds. The summed E-state index contributed by atoms with van der Waals surface area (Å²) in [5.41, 5.74) is 0.263. The van der Waals surface area contributed by atoms with Gasteiger partial charge in [-0.3, -0.25) is 4.68 Å². The average Bonchev–Trinajstić information content (AvgIpc) is 2.85. The minimum Gasteiger partial charge on any atom is -0.396 e. The van der Waals surface area contributed by atoms with E-state index in [4.69, 9.17) is 5.11 Å². The molecular weight excluding hydrogens is 295 g/mol. The van der Waals surface area contributed by atoms with Crippen molar-refractivity contribution in [1.29, 1.82) is 0 Å². The van der Waals surface area contributed by atoms with Gasteiger partial charge in [0.2, 0.25) is 0 Å². The summed E-state index contributed by atoms with van der Waals surface area (Å²) in [5.74, 6) is 0. The Morgan fingerprint density at radius 2 is 1.95 bits per heavy atom. The Balaban J connectivity index is 2.14. The van der Waals surface area contributed by atoms with Crippen LogP contribution in [0.1, 0.15) is 29.3 Å². The van der Waals surface area contributed by atoms with E-state index >= 15 is 0 Å². The SMILES string of the molecule is Cn1ncc(CNC(CCO)c2ccccc2)c1C(F)(F)F. The van der Waals surface area contributed by atoms with Crippen LogP contribution in [0.25, 0.3) is 0 Å². The van der Waals surface area contributed by atoms with E-state index in [-0.39, 0.29) is 24.8 Å². The molecule has 1 unspecified atom stereocenters. The first kappa shape index (κ1) is 16.5. The second-order valence-corrected chi connectivity index (χ2v) is 5.00. The lowest BCUT2D eigenvalue weighted by molar-refractivity contribution is -0.144. The Kier molecular flexibility index (Phi) is 5.20. The highest BCUT2D eigenvalue weighted by molar-refractivity contribution is 5.22. The first-order chi connectivity index (χ1) is 10.4. The summed E-state index contributed by atoms with van der Waals surface area (Å²) < 4.78 is 39.9. The summed E-state index contributed by atoms with van der Waals surface area (Å²) in [7, 11) is 1.27. The molecular formula is C15H18F3N3O. The molecule has 2 N–H and O–H groups in total. The molecule has 0 saturated heterocycles. The smallest absolute Gasteiger partial charge is 0.396 e. The maximum absolute atomic E-state index is 13.0. The van der Waals surface area contributed by atoms with Crippen molar-refractivity contribution in [3.8, 4) is 0 Å². The maximum Gasteiger partial charge on any atom is 0.433 e. The van der Waals surface area contributed by atoms with E-state index in [0.717, 1.165) is 10.2 Å². The zero-order chi connectivity index (χ0) is 16.2. The topological polar surface area (TPSA) is 50.1 Å². The van der Waals surface area contributed by atoms with E-state index in [1.54, 1.807) is 0 Å². The standard InChI is InChI=1S/C15H18F3N3O/c1-21-14(15(16,17)18)12(10-20-21)9-19-13(7-8-22)11-5-3-2-4-6-11/h2-6,10,13,19,22H,7-9H2,1H3. The molecule has 0 radical (unpaired) electrons. The highest BCUT2D eigenvalue weighted by atomic mass is 19.4. The third-order valence-electron chi connectivity index (χ3n) is 3.44. The van der Waals surface area contributed by atoms with E-state index < -0.39 is 11.9 Å². The second-order valence-electron chi connectivity index (χ2n) is 5.00. The second kappa shape index (κ2) is 6.93. The number of hydrogen-bond donors (Lipinski definition) is 2. The summed E-state index contributed by atoms with van der Waals surface area (Å²) in [6.07, 6.45) is -2.80. The lowest BCUT2D eigenvalue weighted by Gasteiger charge is -2.19. The van der Waals surface area contributed by atoms with Crippen LogP contribution < -0.4 is 5.32 Å². The largest absolute Gasteiger partial charge is 0.433 e. The van der Waals surface area contributed by atoms with Gasteiger partial charge in [0, 0.05) is 31.8 Å². The van der Waals surface area contributed by atoms with Crippen molar-refractivity contribution in [3.05, 3.63) is 53.3 Å². The van der Waals surface area contributed by atoms with E-state index in [2.05, 4.69) is 10.4 Å². The molecule has 2 aromatic rings. The Morgan fingerprint density at radius 3 is 2.55 bits per heavy atom. The molecule has 7 heteroatoms. The number of alkyl halides is 3. The predicted molar refractivity (Wildman–Crippen MR) is 75.9 cm³/mol. The molecule has 120 valence electrons. The number of hydrogen-bond acceptors (Lipinski definition) is 3. The maximum atomic E-state index is 13.0. The number of aliphatic hydroxyl groups excluding tert-OH is 1. The molecule has 1 atom stereocenters. The lowest BCUT2D eigenvalue weighted by atomic mass is 10.0. The van der Waals surface area contributed by atoms with Gasteiger partial charge >= 0.3 is 6.18 Å². The summed E-state index contributed by atoms with van der Waals surface area (Å²) in [5, 5.41) is 15.9. The van der Waals surface area contributed by atoms with Crippen molar-refractivity contribution >= 4 is 0 Å². The van der Waals surface area contributed by atoms with Crippen LogP contribution in [-0.4, -0.2) is 21.5 Å². The van der Waals surface area contributed by atoms with E-state index in [0.29, 0.717) is 6.42 Å². The van der Waals surface area contributed by atoms with Crippen LogP contribution in [-0.2, 0) is 19.8 Å². The van der Waals surface area contributed by atoms with Crippen molar-refractivity contribution in [2.24, 2.45) is 7.05 Å². The summed E-state index contributed by atoms with van der Waals surface area (Å²) in [4.78, 5) is 0.